The monoisotopic (exact) mass is 256 g/mol. The summed E-state index contributed by atoms with van der Waals surface area (Å²) in [6.07, 6.45) is 0. The third-order valence-corrected chi connectivity index (χ3v) is 2.50. The molecule has 14 heavy (non-hydrogen) atoms. The van der Waals surface area contributed by atoms with Gasteiger partial charge in [0.2, 0.25) is 0 Å². The molecule has 2 nitrogen and oxygen atoms in total. The molecule has 0 saturated carbocycles. The van der Waals surface area contributed by atoms with Crippen LogP contribution in [0.15, 0.2) is 22.7 Å². The number of nitriles is 1. The Morgan fingerprint density at radius 2 is 2.36 bits per heavy atom. The zero-order valence-corrected chi connectivity index (χ0v) is 9.31. The lowest BCUT2D eigenvalue weighted by atomic mass is 10.1. The molecule has 0 bridgehead atoms. The van der Waals surface area contributed by atoms with E-state index in [2.05, 4.69) is 27.3 Å². The van der Waals surface area contributed by atoms with Crippen LogP contribution in [0.1, 0.15) is 18.5 Å². The summed E-state index contributed by atoms with van der Waals surface area (Å²) in [6.45, 7) is 2.61. The highest BCUT2D eigenvalue weighted by Crippen LogP contribution is 2.23. The van der Waals surface area contributed by atoms with Crippen LogP contribution in [-0.2, 0) is 0 Å². The Morgan fingerprint density at radius 1 is 1.64 bits per heavy atom. The van der Waals surface area contributed by atoms with Crippen molar-refractivity contribution in [2.45, 2.75) is 13.0 Å². The number of nitrogens with one attached hydrogen (secondary N) is 1. The molecule has 0 aliphatic carbocycles. The molecule has 1 aromatic rings. The minimum absolute atomic E-state index is 0.311. The topological polar surface area (TPSA) is 35.8 Å². The van der Waals surface area contributed by atoms with Gasteiger partial charge in [0.15, 0.2) is 0 Å². The van der Waals surface area contributed by atoms with Crippen LogP contribution in [-0.4, -0.2) is 6.54 Å². The molecule has 0 radical (unpaired) electrons. The molecule has 1 N–H and O–H groups in total. The largest absolute Gasteiger partial charge is 0.298 e. The van der Waals surface area contributed by atoms with Crippen LogP contribution in [0.4, 0.5) is 4.39 Å². The lowest BCUT2D eigenvalue weighted by Gasteiger charge is -2.11. The molecule has 0 saturated heterocycles. The van der Waals surface area contributed by atoms with E-state index in [4.69, 9.17) is 5.26 Å². The number of hydrogen-bond donors (Lipinski definition) is 1. The van der Waals surface area contributed by atoms with Gasteiger partial charge < -0.3 is 0 Å². The molecule has 74 valence electrons. The Hall–Kier alpha value is -0.920. The first-order chi connectivity index (χ1) is 6.69. The normalized spacial score (nSPS) is 12.1. The fraction of sp³-hybridized carbons (Fsp3) is 0.300. The van der Waals surface area contributed by atoms with Crippen molar-refractivity contribution < 1.29 is 4.39 Å². The summed E-state index contributed by atoms with van der Waals surface area (Å²) in [5.74, 6) is -0.311. The van der Waals surface area contributed by atoms with Crippen molar-refractivity contribution in [2.75, 3.05) is 6.54 Å². The summed E-state index contributed by atoms with van der Waals surface area (Å²) in [4.78, 5) is 0. The SMILES string of the molecule is CCNC(C#N)c1ccc(F)cc1Br. The van der Waals surface area contributed by atoms with Crippen molar-refractivity contribution in [3.8, 4) is 6.07 Å². The van der Waals surface area contributed by atoms with Crippen LogP contribution in [0, 0.1) is 17.1 Å². The first-order valence-electron chi connectivity index (χ1n) is 4.27. The van der Waals surface area contributed by atoms with Gasteiger partial charge in [0.1, 0.15) is 11.9 Å². The van der Waals surface area contributed by atoms with Gasteiger partial charge in [-0.1, -0.05) is 28.9 Å². The average molecular weight is 257 g/mol. The number of rotatable bonds is 3. The van der Waals surface area contributed by atoms with Crippen molar-refractivity contribution in [1.29, 1.82) is 5.26 Å². The number of hydrogen-bond acceptors (Lipinski definition) is 2. The van der Waals surface area contributed by atoms with Crippen LogP contribution in [0.2, 0.25) is 0 Å². The summed E-state index contributed by atoms with van der Waals surface area (Å²) in [5, 5.41) is 11.9. The van der Waals surface area contributed by atoms with E-state index < -0.39 is 6.04 Å². The van der Waals surface area contributed by atoms with Gasteiger partial charge in [-0.15, -0.1) is 0 Å². The Bertz CT molecular complexity index is 360. The van der Waals surface area contributed by atoms with Gasteiger partial charge in [-0.2, -0.15) is 5.26 Å². The molecule has 0 aliphatic rings. The Balaban J connectivity index is 3.00. The molecule has 0 amide bonds. The van der Waals surface area contributed by atoms with E-state index in [1.807, 2.05) is 6.92 Å². The van der Waals surface area contributed by atoms with Crippen LogP contribution < -0.4 is 5.32 Å². The molecule has 0 spiro atoms. The van der Waals surface area contributed by atoms with Gasteiger partial charge in [0, 0.05) is 4.47 Å². The molecule has 4 heteroatoms. The first kappa shape index (κ1) is 11.2. The molecule has 1 rings (SSSR count). The average Bonchev–Trinajstić information content (AvgIpc) is 2.15. The van der Waals surface area contributed by atoms with E-state index in [-0.39, 0.29) is 5.82 Å². The fourth-order valence-electron chi connectivity index (χ4n) is 1.16. The first-order valence-corrected chi connectivity index (χ1v) is 5.06. The summed E-state index contributed by atoms with van der Waals surface area (Å²) >= 11 is 3.23. The van der Waals surface area contributed by atoms with E-state index in [0.29, 0.717) is 11.0 Å². The summed E-state index contributed by atoms with van der Waals surface area (Å²) < 4.78 is 13.4. The van der Waals surface area contributed by atoms with Crippen molar-refractivity contribution in [1.82, 2.24) is 5.32 Å². The molecule has 1 aromatic carbocycles. The fourth-order valence-corrected chi connectivity index (χ4v) is 1.74. The standard InChI is InChI=1S/C10H10BrFN2/c1-2-14-10(6-13)8-4-3-7(12)5-9(8)11/h3-5,10,14H,2H2,1H3. The van der Waals surface area contributed by atoms with Gasteiger partial charge in [-0.05, 0) is 24.2 Å². The molecule has 1 atom stereocenters. The molecule has 0 aromatic heterocycles. The number of halogens is 2. The van der Waals surface area contributed by atoms with Crippen LogP contribution in [0.25, 0.3) is 0 Å². The minimum atomic E-state index is -0.394. The van der Waals surface area contributed by atoms with Gasteiger partial charge in [-0.25, -0.2) is 4.39 Å². The maximum absolute atomic E-state index is 12.8. The minimum Gasteiger partial charge on any atom is -0.298 e. The maximum Gasteiger partial charge on any atom is 0.124 e. The zero-order valence-electron chi connectivity index (χ0n) is 7.72. The van der Waals surface area contributed by atoms with Crippen LogP contribution in [0.5, 0.6) is 0 Å². The predicted octanol–water partition coefficient (Wildman–Crippen LogP) is 2.76. The summed E-state index contributed by atoms with van der Waals surface area (Å²) in [6, 6.07) is 6.04. The van der Waals surface area contributed by atoms with E-state index in [1.54, 1.807) is 6.07 Å². The highest BCUT2D eigenvalue weighted by molar-refractivity contribution is 9.10. The predicted molar refractivity (Wildman–Crippen MR) is 56.1 cm³/mol. The number of nitrogens with zero attached hydrogens (tertiary/aromatic N) is 1. The Morgan fingerprint density at radius 3 is 2.86 bits per heavy atom. The highest BCUT2D eigenvalue weighted by Gasteiger charge is 2.12. The second-order valence-electron chi connectivity index (χ2n) is 2.79. The van der Waals surface area contributed by atoms with E-state index in [0.717, 1.165) is 5.56 Å². The van der Waals surface area contributed by atoms with Crippen LogP contribution in [0.3, 0.4) is 0 Å². The molecule has 0 aliphatic heterocycles. The Labute approximate surface area is 90.9 Å². The van der Waals surface area contributed by atoms with Crippen molar-refractivity contribution in [3.05, 3.63) is 34.1 Å². The van der Waals surface area contributed by atoms with E-state index in [1.165, 1.54) is 12.1 Å². The molecular weight excluding hydrogens is 247 g/mol. The second-order valence-corrected chi connectivity index (χ2v) is 3.64. The van der Waals surface area contributed by atoms with Gasteiger partial charge in [0.05, 0.1) is 6.07 Å². The lowest BCUT2D eigenvalue weighted by Crippen LogP contribution is -2.19. The van der Waals surface area contributed by atoms with Crippen molar-refractivity contribution >= 4 is 15.9 Å². The smallest absolute Gasteiger partial charge is 0.124 e. The number of benzene rings is 1. The summed E-state index contributed by atoms with van der Waals surface area (Å²) in [5.41, 5.74) is 0.760. The van der Waals surface area contributed by atoms with E-state index >= 15 is 0 Å². The highest BCUT2D eigenvalue weighted by atomic mass is 79.9. The lowest BCUT2D eigenvalue weighted by molar-refractivity contribution is 0.619. The van der Waals surface area contributed by atoms with Crippen molar-refractivity contribution in [3.63, 3.8) is 0 Å². The molecular formula is C10H10BrFN2. The van der Waals surface area contributed by atoms with Gasteiger partial charge >= 0.3 is 0 Å². The van der Waals surface area contributed by atoms with Gasteiger partial charge in [-0.3, -0.25) is 5.32 Å². The molecule has 1 unspecified atom stereocenters. The summed E-state index contributed by atoms with van der Waals surface area (Å²) in [7, 11) is 0. The molecule has 0 fully saturated rings. The quantitative estimate of drug-likeness (QED) is 0.903. The third kappa shape index (κ3) is 2.53. The third-order valence-electron chi connectivity index (χ3n) is 1.81. The maximum atomic E-state index is 12.8. The van der Waals surface area contributed by atoms with Crippen LogP contribution >= 0.6 is 15.9 Å². The second kappa shape index (κ2) is 5.08. The zero-order chi connectivity index (χ0) is 10.6. The molecule has 0 heterocycles. The van der Waals surface area contributed by atoms with E-state index in [9.17, 15) is 4.39 Å². The Kier molecular flexibility index (Phi) is 4.05. The van der Waals surface area contributed by atoms with Gasteiger partial charge in [0.25, 0.3) is 0 Å². The van der Waals surface area contributed by atoms with Crippen molar-refractivity contribution in [2.24, 2.45) is 0 Å².